The van der Waals surface area contributed by atoms with Gasteiger partial charge in [-0.05, 0) is 35.2 Å². The lowest BCUT2D eigenvalue weighted by Crippen LogP contribution is -2.68. The molecule has 1 aliphatic rings. The number of H-pyrrole nitrogens is 1. The molecule has 0 amide bonds. The van der Waals surface area contributed by atoms with E-state index in [4.69, 9.17) is 18.6 Å². The van der Waals surface area contributed by atoms with E-state index in [1.54, 1.807) is 6.92 Å². The molecule has 4 rings (SSSR count). The van der Waals surface area contributed by atoms with Crippen molar-refractivity contribution < 1.29 is 23.7 Å². The zero-order valence-corrected chi connectivity index (χ0v) is 28.6. The molecule has 1 aromatic heterocycles. The highest BCUT2D eigenvalue weighted by atomic mass is 28.4. The highest BCUT2D eigenvalue weighted by Crippen LogP contribution is 2.43. The molecule has 1 fully saturated rings. The summed E-state index contributed by atoms with van der Waals surface area (Å²) < 4.78 is 28.0. The number of rotatable bonds is 15. The average molecular weight is 639 g/mol. The van der Waals surface area contributed by atoms with E-state index >= 15 is 0 Å². The van der Waals surface area contributed by atoms with Crippen LogP contribution in [0.3, 0.4) is 0 Å². The Hall–Kier alpha value is -2.86. The van der Waals surface area contributed by atoms with Crippen LogP contribution in [0.1, 0.15) is 72.1 Å². The molecular formula is C35H50N2O7Si. The minimum atomic E-state index is -3.03. The van der Waals surface area contributed by atoms with Gasteiger partial charge in [0.15, 0.2) is 6.23 Å². The van der Waals surface area contributed by atoms with E-state index in [9.17, 15) is 14.7 Å². The lowest BCUT2D eigenvalue weighted by molar-refractivity contribution is -0.169. The van der Waals surface area contributed by atoms with Gasteiger partial charge in [0.1, 0.15) is 17.8 Å². The van der Waals surface area contributed by atoms with Crippen LogP contribution in [0.15, 0.2) is 76.4 Å². The van der Waals surface area contributed by atoms with Crippen molar-refractivity contribution in [3.63, 3.8) is 0 Å². The number of benzene rings is 2. The Kier molecular flexibility index (Phi) is 11.8. The van der Waals surface area contributed by atoms with E-state index in [1.807, 2.05) is 36.4 Å². The predicted octanol–water partition coefficient (Wildman–Crippen LogP) is 4.05. The summed E-state index contributed by atoms with van der Waals surface area (Å²) in [4.78, 5) is 27.6. The summed E-state index contributed by atoms with van der Waals surface area (Å²) in [6.07, 6.45) is 1.71. The second kappa shape index (κ2) is 15.2. The van der Waals surface area contributed by atoms with Gasteiger partial charge in [-0.1, -0.05) is 108 Å². The number of nitrogens with zero attached hydrogens (tertiary/aromatic N) is 1. The lowest BCUT2D eigenvalue weighted by Gasteiger charge is -2.45. The first kappa shape index (κ1) is 35.0. The lowest BCUT2D eigenvalue weighted by atomic mass is 9.96. The molecule has 45 heavy (non-hydrogen) atoms. The number of ether oxygens (including phenoxy) is 3. The first-order valence-corrected chi connectivity index (χ1v) is 18.0. The van der Waals surface area contributed by atoms with Gasteiger partial charge < -0.3 is 23.7 Å². The smallest absolute Gasteiger partial charge is 0.330 e. The Balaban J connectivity index is 1.85. The number of nitrogens with one attached hydrogen (secondary N) is 1. The first-order chi connectivity index (χ1) is 21.5. The molecule has 0 saturated carbocycles. The summed E-state index contributed by atoms with van der Waals surface area (Å²) >= 11 is 0. The molecule has 246 valence electrons. The summed E-state index contributed by atoms with van der Waals surface area (Å²) in [7, 11) is -3.03. The summed E-state index contributed by atoms with van der Waals surface area (Å²) in [5.74, 6) is 0. The molecule has 2 aromatic carbocycles. The third-order valence-corrected chi connectivity index (χ3v) is 13.6. The maximum Gasteiger partial charge on any atom is 0.330 e. The van der Waals surface area contributed by atoms with Gasteiger partial charge in [0.2, 0.25) is 0 Å². The van der Waals surface area contributed by atoms with Gasteiger partial charge in [0.25, 0.3) is 13.9 Å². The van der Waals surface area contributed by atoms with Crippen molar-refractivity contribution in [2.45, 2.75) is 96.3 Å². The zero-order valence-electron chi connectivity index (χ0n) is 27.6. The number of unbranched alkanes of at least 4 members (excludes halogenated alkanes) is 2. The number of hydrogen-bond acceptors (Lipinski definition) is 7. The van der Waals surface area contributed by atoms with Gasteiger partial charge in [-0.15, -0.1) is 0 Å². The second-order valence-corrected chi connectivity index (χ2v) is 17.4. The standard InChI is InChI=1S/C35H50N2O7Si/c1-7-9-21-41-24-35(25-43-45(34(4,5)6,27-17-13-11-14-18-27)28-19-15-12-16-20-28)30(42-22-10-8-2)29(38)32(44-35)37-23-26(3)31(39)36-33(37)40/h11-20,23,29-30,32,38H,7-10,21-22,24-25H2,1-6H3,(H,36,39,40)/t29-,30?,32+,35-/m0/s1. The van der Waals surface area contributed by atoms with Gasteiger partial charge in [0, 0.05) is 25.0 Å². The van der Waals surface area contributed by atoms with Crippen LogP contribution in [-0.2, 0) is 18.6 Å². The minimum Gasteiger partial charge on any atom is -0.404 e. The maximum atomic E-state index is 13.0. The molecule has 2 heterocycles. The monoisotopic (exact) mass is 638 g/mol. The zero-order chi connectivity index (χ0) is 32.7. The van der Waals surface area contributed by atoms with Crippen molar-refractivity contribution in [1.82, 2.24) is 9.55 Å². The normalized spacial score (nSPS) is 22.2. The van der Waals surface area contributed by atoms with Crippen LogP contribution >= 0.6 is 0 Å². The van der Waals surface area contributed by atoms with Crippen LogP contribution in [0.4, 0.5) is 0 Å². The first-order valence-electron chi connectivity index (χ1n) is 16.1. The van der Waals surface area contributed by atoms with Crippen LogP contribution < -0.4 is 21.6 Å². The van der Waals surface area contributed by atoms with E-state index in [0.717, 1.165) is 36.1 Å². The van der Waals surface area contributed by atoms with Crippen molar-refractivity contribution in [1.29, 1.82) is 0 Å². The van der Waals surface area contributed by atoms with E-state index < -0.39 is 43.6 Å². The fourth-order valence-corrected chi connectivity index (χ4v) is 10.8. The third kappa shape index (κ3) is 7.42. The number of hydrogen-bond donors (Lipinski definition) is 2. The highest BCUT2D eigenvalue weighted by molar-refractivity contribution is 6.99. The summed E-state index contributed by atoms with van der Waals surface area (Å²) in [5.41, 5.74) is -2.09. The Labute approximate surface area is 267 Å². The van der Waals surface area contributed by atoms with Gasteiger partial charge in [-0.25, -0.2) is 4.79 Å². The Bertz CT molecular complexity index is 1430. The molecule has 1 saturated heterocycles. The molecule has 4 atom stereocenters. The molecule has 1 unspecified atom stereocenters. The van der Waals surface area contributed by atoms with Gasteiger partial charge in [0.05, 0.1) is 13.2 Å². The molecule has 0 aliphatic carbocycles. The number of aliphatic hydroxyl groups excluding tert-OH is 1. The van der Waals surface area contributed by atoms with E-state index in [0.29, 0.717) is 18.8 Å². The largest absolute Gasteiger partial charge is 0.404 e. The summed E-state index contributed by atoms with van der Waals surface area (Å²) in [6, 6.07) is 20.6. The second-order valence-electron chi connectivity index (χ2n) is 13.0. The van der Waals surface area contributed by atoms with Crippen molar-refractivity contribution in [2.75, 3.05) is 26.4 Å². The number of aromatic amines is 1. The van der Waals surface area contributed by atoms with Crippen molar-refractivity contribution in [3.8, 4) is 0 Å². The van der Waals surface area contributed by atoms with Crippen LogP contribution in [-0.4, -0.2) is 67.2 Å². The molecule has 10 heteroatoms. The molecule has 0 spiro atoms. The quantitative estimate of drug-likeness (QED) is 0.191. The average Bonchev–Trinajstić information content (AvgIpc) is 3.29. The van der Waals surface area contributed by atoms with Gasteiger partial charge >= 0.3 is 5.69 Å². The van der Waals surface area contributed by atoms with Crippen LogP contribution in [0.25, 0.3) is 0 Å². The molecular weight excluding hydrogens is 588 g/mol. The minimum absolute atomic E-state index is 0.0494. The highest BCUT2D eigenvalue weighted by Gasteiger charge is 2.59. The molecule has 0 bridgehead atoms. The molecule has 2 N–H and O–H groups in total. The Morgan fingerprint density at radius 1 is 0.933 bits per heavy atom. The van der Waals surface area contributed by atoms with Crippen molar-refractivity contribution in [2.24, 2.45) is 0 Å². The van der Waals surface area contributed by atoms with Crippen LogP contribution in [0, 0.1) is 6.92 Å². The fourth-order valence-electron chi connectivity index (χ4n) is 6.20. The SMILES string of the molecule is CCCCOC[C@@]1(CO[Si](c2ccccc2)(c2ccccc2)C(C)(C)C)O[C@@H](n2cc(C)c(=O)[nH]c2=O)[C@@H](O)C1OCCCC. The van der Waals surface area contributed by atoms with Crippen LogP contribution in [0.5, 0.6) is 0 Å². The van der Waals surface area contributed by atoms with Crippen LogP contribution in [0.2, 0.25) is 5.04 Å². The molecule has 3 aromatic rings. The fraction of sp³-hybridized carbons (Fsp3) is 0.543. The van der Waals surface area contributed by atoms with Crippen molar-refractivity contribution in [3.05, 3.63) is 93.3 Å². The van der Waals surface area contributed by atoms with E-state index in [-0.39, 0.29) is 18.3 Å². The molecule has 1 aliphatic heterocycles. The predicted molar refractivity (Wildman–Crippen MR) is 179 cm³/mol. The number of aliphatic hydroxyl groups is 1. The van der Waals surface area contributed by atoms with Gasteiger partial charge in [-0.2, -0.15) is 0 Å². The summed E-state index contributed by atoms with van der Waals surface area (Å²) in [6.45, 7) is 13.4. The maximum absolute atomic E-state index is 13.0. The number of aromatic nitrogens is 2. The van der Waals surface area contributed by atoms with Crippen molar-refractivity contribution >= 4 is 18.7 Å². The third-order valence-electron chi connectivity index (χ3n) is 8.63. The van der Waals surface area contributed by atoms with E-state index in [2.05, 4.69) is 63.9 Å². The Morgan fingerprint density at radius 2 is 1.51 bits per heavy atom. The van der Waals surface area contributed by atoms with E-state index in [1.165, 1.54) is 10.8 Å². The topological polar surface area (TPSA) is 112 Å². The Morgan fingerprint density at radius 3 is 2.07 bits per heavy atom. The number of aryl methyl sites for hydroxylation is 1. The molecule has 0 radical (unpaired) electrons. The summed E-state index contributed by atoms with van der Waals surface area (Å²) in [5, 5.41) is 13.8. The van der Waals surface area contributed by atoms with Gasteiger partial charge in [-0.3, -0.25) is 14.3 Å². The molecule has 9 nitrogen and oxygen atoms in total.